The van der Waals surface area contributed by atoms with Crippen molar-refractivity contribution in [3.05, 3.63) is 113 Å². The Kier molecular flexibility index (Phi) is 19.2. The van der Waals surface area contributed by atoms with E-state index in [4.69, 9.17) is 10.2 Å². The molecule has 4 rings (SSSR count). The number of aliphatic imine (C=N–C) groups is 2. The van der Waals surface area contributed by atoms with Gasteiger partial charge in [-0.05, 0) is 94.9 Å². The molecule has 0 atom stereocenters. The fourth-order valence-electron chi connectivity index (χ4n) is 6.48. The molecule has 0 unspecified atom stereocenters. The first-order valence-electron chi connectivity index (χ1n) is 20.2. The number of nitro benzene ring substituents is 2. The number of hydrogen-bond donors (Lipinski definition) is 2. The van der Waals surface area contributed by atoms with E-state index in [1.54, 1.807) is 95.5 Å². The zero-order chi connectivity index (χ0) is 49.4. The van der Waals surface area contributed by atoms with E-state index < -0.39 is 78.2 Å². The Hall–Kier alpha value is -6.35. The summed E-state index contributed by atoms with van der Waals surface area (Å²) in [5.41, 5.74) is 4.15. The normalized spacial score (nSPS) is 11.8. The maximum absolute atomic E-state index is 12.5. The van der Waals surface area contributed by atoms with Gasteiger partial charge in [-0.1, -0.05) is 131 Å². The predicted molar refractivity (Wildman–Crippen MR) is 245 cm³/mol. The monoisotopic (exact) mass is 942 g/mol. The van der Waals surface area contributed by atoms with Crippen molar-refractivity contribution in [2.75, 3.05) is 0 Å². The van der Waals surface area contributed by atoms with Crippen molar-refractivity contribution < 1.29 is 65.8 Å². The Morgan fingerprint density at radius 2 is 0.785 bits per heavy atom. The Morgan fingerprint density at radius 3 is 0.985 bits per heavy atom. The average molecular weight is 944 g/mol. The number of carboxylic acid groups (broad SMARTS) is 2. The van der Waals surface area contributed by atoms with Gasteiger partial charge in [-0.2, -0.15) is 0 Å². The first kappa shape index (κ1) is 56.7. The number of aryl methyl sites for hydroxylation is 4. The van der Waals surface area contributed by atoms with Gasteiger partial charge < -0.3 is 29.9 Å². The largest absolute Gasteiger partial charge is 2.00 e. The second-order valence-corrected chi connectivity index (χ2v) is 19.2. The first-order chi connectivity index (χ1) is 29.1. The minimum atomic E-state index is -1.76. The summed E-state index contributed by atoms with van der Waals surface area (Å²) in [7, 11) is 0. The van der Waals surface area contributed by atoms with Crippen molar-refractivity contribution in [3.8, 4) is 23.0 Å². The fraction of sp³-hybridized carbons (Fsp3) is 0.417. The van der Waals surface area contributed by atoms with Gasteiger partial charge in [0.2, 0.25) is 11.5 Å². The standard InChI is InChI=1S/C18H20N2.2C15H21NO6.Ni/c1-13-7-5-8-14(2)17(13)19-11-12-20-18-15(3)9-6-10-16(18)4;2*1-14(2,3)8-7-9(15(4,5)6)11(17)12(22-13(18)19)10(8)16(20)21;/h5-12H,1-4H3;2*7,17H,1-6H3,(H,18,19);/q;;;+2/p-2. The van der Waals surface area contributed by atoms with Crippen LogP contribution >= 0.6 is 0 Å². The van der Waals surface area contributed by atoms with Crippen molar-refractivity contribution in [3.63, 3.8) is 0 Å². The van der Waals surface area contributed by atoms with E-state index in [1.807, 2.05) is 0 Å². The Bertz CT molecular complexity index is 2260. The van der Waals surface area contributed by atoms with E-state index in [9.17, 15) is 40.0 Å². The summed E-state index contributed by atoms with van der Waals surface area (Å²) in [6.07, 6.45) is 0.0137. The van der Waals surface area contributed by atoms with Gasteiger partial charge in [0.05, 0.1) is 21.2 Å². The number of hydrogen-bond acceptors (Lipinski definition) is 12. The summed E-state index contributed by atoms with van der Waals surface area (Å²) < 4.78 is 8.94. The molecule has 0 amide bonds. The molecule has 0 aliphatic heterocycles. The van der Waals surface area contributed by atoms with E-state index in [0.717, 1.165) is 11.4 Å². The van der Waals surface area contributed by atoms with Crippen LogP contribution in [0.5, 0.6) is 23.0 Å². The molecule has 0 radical (unpaired) electrons. The third-order valence-electron chi connectivity index (χ3n) is 9.75. The molecule has 0 spiro atoms. The van der Waals surface area contributed by atoms with Crippen LogP contribution in [0.25, 0.3) is 0 Å². The minimum absolute atomic E-state index is 0. The molecule has 2 N–H and O–H groups in total. The van der Waals surface area contributed by atoms with Gasteiger partial charge in [0.25, 0.3) is 0 Å². The molecule has 17 heteroatoms. The van der Waals surface area contributed by atoms with Crippen LogP contribution in [0, 0.1) is 47.9 Å². The number of rotatable bonds is 7. The predicted octanol–water partition coefficient (Wildman–Crippen LogP) is 11.7. The van der Waals surface area contributed by atoms with Gasteiger partial charge >= 0.3 is 40.2 Å². The van der Waals surface area contributed by atoms with Crippen molar-refractivity contribution in [1.82, 2.24) is 0 Å². The van der Waals surface area contributed by atoms with Crippen LogP contribution in [0.15, 0.2) is 58.5 Å². The van der Waals surface area contributed by atoms with E-state index in [2.05, 4.69) is 83.6 Å². The number of ether oxygens (including phenoxy) is 2. The molecule has 0 fully saturated rings. The van der Waals surface area contributed by atoms with Crippen LogP contribution < -0.4 is 19.7 Å². The fourth-order valence-corrected chi connectivity index (χ4v) is 6.48. The van der Waals surface area contributed by atoms with Crippen LogP contribution in [-0.4, -0.2) is 44.8 Å². The number of carbonyl (C=O) groups is 2. The molecule has 0 aliphatic rings. The Morgan fingerprint density at radius 1 is 0.538 bits per heavy atom. The van der Waals surface area contributed by atoms with Crippen LogP contribution in [0.2, 0.25) is 0 Å². The maximum atomic E-state index is 12.5. The van der Waals surface area contributed by atoms with Crippen LogP contribution in [0.4, 0.5) is 32.3 Å². The summed E-state index contributed by atoms with van der Waals surface area (Å²) in [6, 6.07) is 15.3. The van der Waals surface area contributed by atoms with Gasteiger partial charge in [-0.25, -0.2) is 9.59 Å². The van der Waals surface area contributed by atoms with E-state index >= 15 is 0 Å². The van der Waals surface area contributed by atoms with Gasteiger partial charge in [-0.3, -0.25) is 30.2 Å². The van der Waals surface area contributed by atoms with Gasteiger partial charge in [0.1, 0.15) is 0 Å². The second kappa shape index (κ2) is 22.0. The van der Waals surface area contributed by atoms with Gasteiger partial charge in [0.15, 0.2) is 0 Å². The van der Waals surface area contributed by atoms with Crippen molar-refractivity contribution in [2.24, 2.45) is 9.98 Å². The summed E-state index contributed by atoms with van der Waals surface area (Å²) >= 11 is 0. The molecule has 0 saturated carbocycles. The van der Waals surface area contributed by atoms with Crippen molar-refractivity contribution >= 4 is 47.5 Å². The van der Waals surface area contributed by atoms with Crippen molar-refractivity contribution in [1.29, 1.82) is 0 Å². The smallest absolute Gasteiger partial charge is 0.870 e. The molecule has 65 heavy (non-hydrogen) atoms. The zero-order valence-electron chi connectivity index (χ0n) is 39.9. The Balaban J connectivity index is 0.000000484. The molecule has 0 bridgehead atoms. The minimum Gasteiger partial charge on any atom is -0.870 e. The number of nitro groups is 2. The molecular weight excluding hydrogens is 883 g/mol. The summed E-state index contributed by atoms with van der Waals surface area (Å²) in [5.74, 6) is -3.02. The third-order valence-corrected chi connectivity index (χ3v) is 9.75. The molecule has 0 heterocycles. The van der Waals surface area contributed by atoms with Gasteiger partial charge in [0, 0.05) is 23.6 Å². The summed E-state index contributed by atoms with van der Waals surface area (Å²) in [5, 5.41) is 65.3. The second-order valence-electron chi connectivity index (χ2n) is 19.2. The van der Waals surface area contributed by atoms with E-state index in [-0.39, 0.29) is 38.7 Å². The number of nitrogens with zero attached hydrogens (tertiary/aromatic N) is 4. The molecule has 4 aromatic carbocycles. The van der Waals surface area contributed by atoms with Gasteiger partial charge in [-0.15, -0.1) is 0 Å². The molecule has 0 aliphatic carbocycles. The molecule has 4 aromatic rings. The Labute approximate surface area is 390 Å². The molecule has 354 valence electrons. The first-order valence-corrected chi connectivity index (χ1v) is 20.2. The molecular formula is C48H60N4NiO12. The third kappa shape index (κ3) is 15.1. The van der Waals surface area contributed by atoms with E-state index in [1.165, 1.54) is 34.4 Å². The quantitative estimate of drug-likeness (QED) is 0.0438. The van der Waals surface area contributed by atoms with Crippen LogP contribution in [-0.2, 0) is 38.2 Å². The maximum Gasteiger partial charge on any atom is 2.00 e. The molecule has 0 aromatic heterocycles. The summed E-state index contributed by atoms with van der Waals surface area (Å²) in [4.78, 5) is 51.9. The SMILES string of the molecule is CC(C)(C)c1cc(C(C)(C)C)c([N+](=O)[O-])c(OC(=O)O)c1[O-].CC(C)(C)c1cc(C(C)(C)C)c([N+](=O)[O-])c(OC(=O)O)c1[O-].Cc1cccc(C)c1N=CC=Nc1c(C)cccc1C.[Ni+2]. The summed E-state index contributed by atoms with van der Waals surface area (Å²) in [6.45, 7) is 29.4. The van der Waals surface area contributed by atoms with E-state index in [0.29, 0.717) is 0 Å². The zero-order valence-corrected chi connectivity index (χ0v) is 40.8. The van der Waals surface area contributed by atoms with Crippen molar-refractivity contribution in [2.45, 2.75) is 132 Å². The number of para-hydroxylation sites is 2. The number of benzene rings is 4. The average Bonchev–Trinajstić information content (AvgIpc) is 3.11. The van der Waals surface area contributed by atoms with Crippen LogP contribution in [0.3, 0.4) is 0 Å². The van der Waals surface area contributed by atoms with Crippen LogP contribution in [0.1, 0.15) is 128 Å². The molecule has 0 saturated heterocycles. The molecule has 16 nitrogen and oxygen atoms in total. The topological polar surface area (TPSA) is 250 Å².